The van der Waals surface area contributed by atoms with E-state index in [0.29, 0.717) is 18.8 Å². The van der Waals surface area contributed by atoms with Crippen LogP contribution in [0.1, 0.15) is 23.7 Å². The van der Waals surface area contributed by atoms with E-state index in [4.69, 9.17) is 9.47 Å². The van der Waals surface area contributed by atoms with Gasteiger partial charge in [0.2, 0.25) is 0 Å². The zero-order valence-corrected chi connectivity index (χ0v) is 12.0. The van der Waals surface area contributed by atoms with Crippen molar-refractivity contribution in [2.75, 3.05) is 38.3 Å². The number of esters is 1. The van der Waals surface area contributed by atoms with Gasteiger partial charge in [-0.1, -0.05) is 6.08 Å². The van der Waals surface area contributed by atoms with Gasteiger partial charge in [0.25, 0.3) is 0 Å². The van der Waals surface area contributed by atoms with Crippen LogP contribution in [0.3, 0.4) is 0 Å². The summed E-state index contributed by atoms with van der Waals surface area (Å²) in [5, 5.41) is 0. The number of anilines is 1. The number of carbonyl (C=O) groups excluding carboxylic acids is 1. The van der Waals surface area contributed by atoms with Crippen molar-refractivity contribution in [2.45, 2.75) is 13.3 Å². The Bertz CT molecular complexity index is 482. The molecule has 1 aliphatic rings. The smallest absolute Gasteiger partial charge is 0.339 e. The Morgan fingerprint density at radius 3 is 2.85 bits per heavy atom. The molecule has 1 aromatic heterocycles. The van der Waals surface area contributed by atoms with Crippen molar-refractivity contribution in [3.05, 3.63) is 35.5 Å². The number of aromatic nitrogens is 1. The van der Waals surface area contributed by atoms with E-state index >= 15 is 0 Å². The molecule has 2 heterocycles. The van der Waals surface area contributed by atoms with Gasteiger partial charge in [-0.15, -0.1) is 0 Å². The molecule has 0 aromatic carbocycles. The molecule has 0 radical (unpaired) electrons. The fourth-order valence-electron chi connectivity index (χ4n) is 2.14. The highest BCUT2D eigenvalue weighted by molar-refractivity contribution is 5.89. The quantitative estimate of drug-likeness (QED) is 0.608. The molecule has 0 saturated heterocycles. The van der Waals surface area contributed by atoms with Crippen LogP contribution in [-0.4, -0.2) is 44.4 Å². The first-order valence-electron chi connectivity index (χ1n) is 6.79. The molecule has 5 heteroatoms. The van der Waals surface area contributed by atoms with Crippen LogP contribution >= 0.6 is 0 Å². The Hall–Kier alpha value is -1.88. The molecule has 0 N–H and O–H groups in total. The molecule has 0 saturated carbocycles. The number of rotatable bonds is 5. The van der Waals surface area contributed by atoms with Gasteiger partial charge in [-0.2, -0.15) is 0 Å². The van der Waals surface area contributed by atoms with E-state index in [1.165, 1.54) is 5.57 Å². The molecule has 0 amide bonds. The summed E-state index contributed by atoms with van der Waals surface area (Å²) in [6.07, 6.45) is 4.73. The maximum atomic E-state index is 11.5. The maximum absolute atomic E-state index is 11.5. The van der Waals surface area contributed by atoms with Crippen molar-refractivity contribution >= 4 is 11.8 Å². The van der Waals surface area contributed by atoms with Crippen molar-refractivity contribution in [3.8, 4) is 0 Å². The number of carbonyl (C=O) groups is 1. The minimum Gasteiger partial charge on any atom is -0.462 e. The number of ether oxygens (including phenoxy) is 2. The molecule has 1 aliphatic heterocycles. The topological polar surface area (TPSA) is 51.7 Å². The van der Waals surface area contributed by atoms with Gasteiger partial charge < -0.3 is 14.4 Å². The molecule has 0 bridgehead atoms. The molecule has 0 atom stereocenters. The predicted molar refractivity (Wildman–Crippen MR) is 77.0 cm³/mol. The summed E-state index contributed by atoms with van der Waals surface area (Å²) in [5.74, 6) is 0.554. The van der Waals surface area contributed by atoms with Crippen molar-refractivity contribution in [1.82, 2.24) is 4.98 Å². The highest BCUT2D eigenvalue weighted by Crippen LogP contribution is 2.18. The lowest BCUT2D eigenvalue weighted by Crippen LogP contribution is -2.30. The number of methoxy groups -OCH3 is 1. The van der Waals surface area contributed by atoms with Gasteiger partial charge in [-0.05, 0) is 31.1 Å². The van der Waals surface area contributed by atoms with Crippen LogP contribution in [0.5, 0.6) is 0 Å². The van der Waals surface area contributed by atoms with Gasteiger partial charge >= 0.3 is 5.97 Å². The van der Waals surface area contributed by atoms with Crippen LogP contribution in [-0.2, 0) is 9.47 Å². The van der Waals surface area contributed by atoms with Crippen LogP contribution in [0.4, 0.5) is 5.82 Å². The van der Waals surface area contributed by atoms with Crippen LogP contribution < -0.4 is 4.90 Å². The summed E-state index contributed by atoms with van der Waals surface area (Å²) in [6.45, 7) is 4.60. The molecular weight excluding hydrogens is 256 g/mol. The lowest BCUT2D eigenvalue weighted by atomic mass is 10.1. The minimum absolute atomic E-state index is 0.326. The first-order valence-corrected chi connectivity index (χ1v) is 6.79. The monoisotopic (exact) mass is 276 g/mol. The summed E-state index contributed by atoms with van der Waals surface area (Å²) in [7, 11) is 1.71. The highest BCUT2D eigenvalue weighted by Gasteiger charge is 2.14. The van der Waals surface area contributed by atoms with Gasteiger partial charge in [-0.3, -0.25) is 0 Å². The fourth-order valence-corrected chi connectivity index (χ4v) is 2.14. The molecule has 0 unspecified atom stereocenters. The summed E-state index contributed by atoms with van der Waals surface area (Å²) >= 11 is 0. The molecular formula is C15H20N2O3. The molecule has 1 aromatic rings. The van der Waals surface area contributed by atoms with Gasteiger partial charge in [0.1, 0.15) is 5.82 Å². The van der Waals surface area contributed by atoms with Crippen LogP contribution in [0, 0.1) is 0 Å². The minimum atomic E-state index is -0.326. The number of hydrogen-bond donors (Lipinski definition) is 0. The lowest BCUT2D eigenvalue weighted by molar-refractivity contribution is 0.0526. The summed E-state index contributed by atoms with van der Waals surface area (Å²) in [5.41, 5.74) is 1.81. The largest absolute Gasteiger partial charge is 0.462 e. The number of nitrogens with zero attached hydrogens (tertiary/aromatic N) is 2. The van der Waals surface area contributed by atoms with E-state index in [-0.39, 0.29) is 5.97 Å². The molecule has 0 fully saturated rings. The summed E-state index contributed by atoms with van der Waals surface area (Å²) < 4.78 is 10.1. The Balaban J connectivity index is 1.99. The third kappa shape index (κ3) is 3.57. The molecule has 20 heavy (non-hydrogen) atoms. The molecule has 5 nitrogen and oxygen atoms in total. The maximum Gasteiger partial charge on any atom is 0.339 e. The lowest BCUT2D eigenvalue weighted by Gasteiger charge is -2.27. The van der Waals surface area contributed by atoms with Crippen LogP contribution in [0.15, 0.2) is 30.0 Å². The van der Waals surface area contributed by atoms with E-state index in [1.54, 1.807) is 26.3 Å². The molecule has 2 rings (SSSR count). The van der Waals surface area contributed by atoms with Crippen molar-refractivity contribution in [1.29, 1.82) is 0 Å². The Kier molecular flexibility index (Phi) is 5.12. The van der Waals surface area contributed by atoms with Gasteiger partial charge in [0, 0.05) is 26.4 Å². The Morgan fingerprint density at radius 2 is 2.30 bits per heavy atom. The third-order valence-corrected chi connectivity index (χ3v) is 3.22. The second-order valence-electron chi connectivity index (χ2n) is 4.62. The second kappa shape index (κ2) is 7.05. The molecule has 108 valence electrons. The first-order chi connectivity index (χ1) is 9.74. The fraction of sp³-hybridized carbons (Fsp3) is 0.467. The normalized spacial score (nSPS) is 14.9. The van der Waals surface area contributed by atoms with Crippen LogP contribution in [0.25, 0.3) is 0 Å². The van der Waals surface area contributed by atoms with Gasteiger partial charge in [0.15, 0.2) is 0 Å². The zero-order chi connectivity index (χ0) is 14.4. The zero-order valence-electron chi connectivity index (χ0n) is 12.0. The van der Waals surface area contributed by atoms with Gasteiger partial charge in [-0.25, -0.2) is 9.78 Å². The SMILES string of the molecule is CCOC(=O)c1ccc(N2CC=C(COC)CC2)nc1. The van der Waals surface area contributed by atoms with Crippen molar-refractivity contribution in [2.24, 2.45) is 0 Å². The second-order valence-corrected chi connectivity index (χ2v) is 4.62. The van der Waals surface area contributed by atoms with Gasteiger partial charge in [0.05, 0.1) is 18.8 Å². The Labute approximate surface area is 119 Å². The van der Waals surface area contributed by atoms with Crippen LogP contribution in [0.2, 0.25) is 0 Å². The third-order valence-electron chi connectivity index (χ3n) is 3.22. The van der Waals surface area contributed by atoms with E-state index in [2.05, 4.69) is 16.0 Å². The van der Waals surface area contributed by atoms with Crippen molar-refractivity contribution < 1.29 is 14.3 Å². The standard InChI is InChI=1S/C15H20N2O3/c1-3-20-15(18)13-4-5-14(16-10-13)17-8-6-12(7-9-17)11-19-2/h4-6,10H,3,7-9,11H2,1-2H3. The predicted octanol–water partition coefficient (Wildman–Crippen LogP) is 2.04. The summed E-state index contributed by atoms with van der Waals surface area (Å²) in [6, 6.07) is 3.62. The number of pyridine rings is 1. The number of hydrogen-bond acceptors (Lipinski definition) is 5. The van der Waals surface area contributed by atoms with E-state index in [1.807, 2.05) is 6.07 Å². The van der Waals surface area contributed by atoms with E-state index in [9.17, 15) is 4.79 Å². The average molecular weight is 276 g/mol. The van der Waals surface area contributed by atoms with E-state index in [0.717, 1.165) is 25.3 Å². The average Bonchev–Trinajstić information content (AvgIpc) is 2.49. The Morgan fingerprint density at radius 1 is 1.45 bits per heavy atom. The van der Waals surface area contributed by atoms with E-state index < -0.39 is 0 Å². The first kappa shape index (κ1) is 14.5. The van der Waals surface area contributed by atoms with Crippen molar-refractivity contribution in [3.63, 3.8) is 0 Å². The summed E-state index contributed by atoms with van der Waals surface area (Å²) in [4.78, 5) is 18.1. The molecule has 0 spiro atoms. The molecule has 0 aliphatic carbocycles. The highest BCUT2D eigenvalue weighted by atomic mass is 16.5.